The predicted octanol–water partition coefficient (Wildman–Crippen LogP) is 5.40. The Hall–Kier alpha value is -2.57. The number of hydrogen-bond acceptors (Lipinski definition) is 5. The second-order valence-electron chi connectivity index (χ2n) is 8.51. The van der Waals surface area contributed by atoms with Gasteiger partial charge in [-0.1, -0.05) is 35.3 Å². The third-order valence-electron chi connectivity index (χ3n) is 5.86. The summed E-state index contributed by atoms with van der Waals surface area (Å²) >= 11 is 12.0. The number of benzene rings is 2. The molecule has 0 saturated heterocycles. The number of para-hydroxylation sites is 1. The van der Waals surface area contributed by atoms with Gasteiger partial charge < -0.3 is 15.5 Å². The van der Waals surface area contributed by atoms with E-state index >= 15 is 0 Å². The molecule has 0 radical (unpaired) electrons. The molecule has 1 aliphatic rings. The van der Waals surface area contributed by atoms with Crippen molar-refractivity contribution >= 4 is 51.8 Å². The average Bonchev–Trinajstić information content (AvgIpc) is 2.77. The number of nitrogens with zero attached hydrogens (tertiary/aromatic N) is 3. The predicted molar refractivity (Wildman–Crippen MR) is 132 cm³/mol. The van der Waals surface area contributed by atoms with Gasteiger partial charge in [0.2, 0.25) is 5.95 Å². The Bertz CT molecular complexity index is 1090. The Kier molecular flexibility index (Phi) is 7.01. The van der Waals surface area contributed by atoms with E-state index in [2.05, 4.69) is 10.6 Å². The van der Waals surface area contributed by atoms with E-state index in [0.717, 1.165) is 42.4 Å². The van der Waals surface area contributed by atoms with Gasteiger partial charge in [-0.2, -0.15) is 4.98 Å². The average molecular weight is 472 g/mol. The number of hydrogen-bond donors (Lipinski definition) is 2. The number of halogens is 2. The maximum Gasteiger partial charge on any atom is 0.251 e. The number of carbonyl (C=O) groups excluding carboxylic acids is 1. The minimum atomic E-state index is -0.143. The lowest BCUT2D eigenvalue weighted by Gasteiger charge is -2.29. The SMILES string of the molecule is CN(C)c1nc(NC2CCC(CNC(=O)c3cc(Cl)cc(Cl)c3)CC2)nc2ccccc12. The molecule has 1 fully saturated rings. The molecule has 0 spiro atoms. The maximum absolute atomic E-state index is 12.4. The van der Waals surface area contributed by atoms with Crippen molar-refractivity contribution in [2.24, 2.45) is 5.92 Å². The highest BCUT2D eigenvalue weighted by Crippen LogP contribution is 2.28. The van der Waals surface area contributed by atoms with Crippen LogP contribution in [0.3, 0.4) is 0 Å². The molecule has 8 heteroatoms. The largest absolute Gasteiger partial charge is 0.362 e. The molecule has 4 rings (SSSR count). The van der Waals surface area contributed by atoms with Crippen LogP contribution >= 0.6 is 23.2 Å². The van der Waals surface area contributed by atoms with Gasteiger partial charge in [0.25, 0.3) is 5.91 Å². The molecule has 0 aliphatic heterocycles. The molecular weight excluding hydrogens is 445 g/mol. The molecule has 1 aliphatic carbocycles. The van der Waals surface area contributed by atoms with Crippen molar-refractivity contribution in [3.05, 3.63) is 58.1 Å². The smallest absolute Gasteiger partial charge is 0.251 e. The van der Waals surface area contributed by atoms with Gasteiger partial charge in [-0.05, 0) is 61.9 Å². The fourth-order valence-electron chi connectivity index (χ4n) is 4.18. The van der Waals surface area contributed by atoms with Crippen LogP contribution in [-0.2, 0) is 0 Å². The quantitative estimate of drug-likeness (QED) is 0.503. The van der Waals surface area contributed by atoms with E-state index in [4.69, 9.17) is 33.2 Å². The van der Waals surface area contributed by atoms with E-state index in [-0.39, 0.29) is 5.91 Å². The van der Waals surface area contributed by atoms with Crippen molar-refractivity contribution in [1.29, 1.82) is 0 Å². The van der Waals surface area contributed by atoms with Gasteiger partial charge >= 0.3 is 0 Å². The van der Waals surface area contributed by atoms with E-state index in [1.165, 1.54) is 0 Å². The second-order valence-corrected chi connectivity index (χ2v) is 9.39. The van der Waals surface area contributed by atoms with Crippen molar-refractivity contribution < 1.29 is 4.79 Å². The summed E-state index contributed by atoms with van der Waals surface area (Å²) in [5.41, 5.74) is 1.43. The molecule has 3 aromatic rings. The van der Waals surface area contributed by atoms with Crippen molar-refractivity contribution in [3.8, 4) is 0 Å². The number of aromatic nitrogens is 2. The normalized spacial score (nSPS) is 18.4. The Morgan fingerprint density at radius 2 is 1.72 bits per heavy atom. The first-order chi connectivity index (χ1) is 15.4. The molecule has 2 N–H and O–H groups in total. The van der Waals surface area contributed by atoms with Gasteiger partial charge in [0.15, 0.2) is 0 Å². The highest BCUT2D eigenvalue weighted by Gasteiger charge is 2.23. The lowest BCUT2D eigenvalue weighted by Crippen LogP contribution is -2.34. The van der Waals surface area contributed by atoms with Crippen LogP contribution in [0.1, 0.15) is 36.0 Å². The van der Waals surface area contributed by atoms with Crippen LogP contribution in [0.25, 0.3) is 10.9 Å². The molecule has 168 valence electrons. The zero-order valence-electron chi connectivity index (χ0n) is 18.2. The van der Waals surface area contributed by atoms with Crippen molar-refractivity contribution in [1.82, 2.24) is 15.3 Å². The van der Waals surface area contributed by atoms with Gasteiger partial charge in [0.1, 0.15) is 5.82 Å². The highest BCUT2D eigenvalue weighted by molar-refractivity contribution is 6.35. The molecule has 2 aromatic carbocycles. The van der Waals surface area contributed by atoms with E-state index in [1.807, 2.05) is 43.3 Å². The Labute approximate surface area is 198 Å². The Morgan fingerprint density at radius 3 is 2.41 bits per heavy atom. The van der Waals surface area contributed by atoms with Crippen LogP contribution in [0.15, 0.2) is 42.5 Å². The van der Waals surface area contributed by atoms with Crippen molar-refractivity contribution in [3.63, 3.8) is 0 Å². The van der Waals surface area contributed by atoms with E-state index in [1.54, 1.807) is 18.2 Å². The Morgan fingerprint density at radius 1 is 1.03 bits per heavy atom. The van der Waals surface area contributed by atoms with Crippen LogP contribution in [-0.4, -0.2) is 42.6 Å². The summed E-state index contributed by atoms with van der Waals surface area (Å²) in [4.78, 5) is 23.9. The first kappa shape index (κ1) is 22.6. The van der Waals surface area contributed by atoms with Crippen LogP contribution in [0.4, 0.5) is 11.8 Å². The summed E-state index contributed by atoms with van der Waals surface area (Å²) in [6.07, 6.45) is 4.08. The molecule has 0 unspecified atom stereocenters. The van der Waals surface area contributed by atoms with Crippen molar-refractivity contribution in [2.75, 3.05) is 30.9 Å². The number of nitrogens with one attached hydrogen (secondary N) is 2. The number of amides is 1. The lowest BCUT2D eigenvalue weighted by atomic mass is 9.86. The van der Waals surface area contributed by atoms with E-state index < -0.39 is 0 Å². The molecule has 1 aromatic heterocycles. The number of rotatable bonds is 6. The fourth-order valence-corrected chi connectivity index (χ4v) is 4.71. The third kappa shape index (κ3) is 5.43. The number of carbonyl (C=O) groups is 1. The van der Waals surface area contributed by atoms with Gasteiger partial charge in [-0.15, -0.1) is 0 Å². The van der Waals surface area contributed by atoms with Gasteiger partial charge in [0.05, 0.1) is 5.52 Å². The van der Waals surface area contributed by atoms with Crippen LogP contribution < -0.4 is 15.5 Å². The summed E-state index contributed by atoms with van der Waals surface area (Å²) in [5, 5.41) is 8.51. The number of fused-ring (bicyclic) bond motifs is 1. The molecule has 1 heterocycles. The lowest BCUT2D eigenvalue weighted by molar-refractivity contribution is 0.0943. The zero-order valence-corrected chi connectivity index (χ0v) is 19.7. The van der Waals surface area contributed by atoms with Crippen LogP contribution in [0.2, 0.25) is 10.0 Å². The standard InChI is InChI=1S/C24H27Cl2N5O/c1-31(2)22-20-5-3-4-6-21(20)29-24(30-22)28-19-9-7-15(8-10-19)14-27-23(32)16-11-17(25)13-18(26)12-16/h3-6,11-13,15,19H,7-10,14H2,1-2H3,(H,27,32)(H,28,29,30). The van der Waals surface area contributed by atoms with E-state index in [0.29, 0.717) is 40.1 Å². The first-order valence-corrected chi connectivity index (χ1v) is 11.6. The molecular formula is C24H27Cl2N5O. The van der Waals surface area contributed by atoms with Crippen LogP contribution in [0.5, 0.6) is 0 Å². The summed E-state index contributed by atoms with van der Waals surface area (Å²) in [7, 11) is 3.99. The first-order valence-electron chi connectivity index (χ1n) is 10.8. The summed E-state index contributed by atoms with van der Waals surface area (Å²) in [6.45, 7) is 0.646. The van der Waals surface area contributed by atoms with Gasteiger partial charge in [0, 0.05) is 47.7 Å². The topological polar surface area (TPSA) is 70.2 Å². The summed E-state index contributed by atoms with van der Waals surface area (Å²) in [6, 6.07) is 13.3. The molecule has 0 atom stereocenters. The van der Waals surface area contributed by atoms with Gasteiger partial charge in [-0.3, -0.25) is 4.79 Å². The highest BCUT2D eigenvalue weighted by atomic mass is 35.5. The molecule has 1 amide bonds. The monoisotopic (exact) mass is 471 g/mol. The van der Waals surface area contributed by atoms with Crippen molar-refractivity contribution in [2.45, 2.75) is 31.7 Å². The molecule has 0 bridgehead atoms. The minimum absolute atomic E-state index is 0.143. The second kappa shape index (κ2) is 9.92. The van der Waals surface area contributed by atoms with E-state index in [9.17, 15) is 4.79 Å². The van der Waals surface area contributed by atoms with Crippen LogP contribution in [0, 0.1) is 5.92 Å². The Balaban J connectivity index is 1.32. The molecule has 32 heavy (non-hydrogen) atoms. The fraction of sp³-hybridized carbons (Fsp3) is 0.375. The third-order valence-corrected chi connectivity index (χ3v) is 6.30. The van der Waals surface area contributed by atoms with Gasteiger partial charge in [-0.25, -0.2) is 4.98 Å². The minimum Gasteiger partial charge on any atom is -0.362 e. The maximum atomic E-state index is 12.4. The zero-order chi connectivity index (χ0) is 22.7. The number of anilines is 2. The summed E-state index contributed by atoms with van der Waals surface area (Å²) < 4.78 is 0. The molecule has 1 saturated carbocycles. The molecule has 6 nitrogen and oxygen atoms in total. The summed E-state index contributed by atoms with van der Waals surface area (Å²) in [5.74, 6) is 1.88.